The van der Waals surface area contributed by atoms with Crippen molar-refractivity contribution in [2.45, 2.75) is 57.0 Å². The predicted octanol–water partition coefficient (Wildman–Crippen LogP) is 5.45. The molecule has 3 aromatic rings. The van der Waals surface area contributed by atoms with E-state index in [0.29, 0.717) is 40.3 Å². The van der Waals surface area contributed by atoms with Crippen LogP contribution < -0.4 is 10.3 Å². The van der Waals surface area contributed by atoms with Gasteiger partial charge in [-0.15, -0.1) is 0 Å². The van der Waals surface area contributed by atoms with E-state index in [1.54, 1.807) is 31.4 Å². The molecule has 0 bridgehead atoms. The monoisotopic (exact) mass is 508 g/mol. The Bertz CT molecular complexity index is 1390. The number of rotatable bonds is 7. The van der Waals surface area contributed by atoms with E-state index >= 15 is 0 Å². The topological polar surface area (TPSA) is 102 Å². The zero-order chi connectivity index (χ0) is 25.3. The quantitative estimate of drug-likeness (QED) is 0.411. The van der Waals surface area contributed by atoms with Crippen LogP contribution in [0.3, 0.4) is 0 Å². The number of fused-ring (bicyclic) bond motifs is 1. The van der Waals surface area contributed by atoms with E-state index in [1.165, 1.54) is 0 Å². The summed E-state index contributed by atoms with van der Waals surface area (Å²) in [5, 5.41) is 12.1. The molecule has 2 aromatic carbocycles. The zero-order valence-electron chi connectivity index (χ0n) is 20.2. The molecule has 1 saturated carbocycles. The average molecular weight is 509 g/mol. The molecular weight excluding hydrogens is 480 g/mol. The van der Waals surface area contributed by atoms with Crippen molar-refractivity contribution >= 4 is 28.5 Å². The SMILES string of the molecule is COc1ccc(CCC2(C3CCCC3)CC(O)=C(Cc3nc4ccccc4c(=O)[nH]3)C(=O)O2)cc1Cl. The van der Waals surface area contributed by atoms with Crippen LogP contribution in [0.2, 0.25) is 5.02 Å². The van der Waals surface area contributed by atoms with Crippen LogP contribution >= 0.6 is 11.6 Å². The fourth-order valence-electron chi connectivity index (χ4n) is 5.59. The summed E-state index contributed by atoms with van der Waals surface area (Å²) in [6, 6.07) is 12.7. The van der Waals surface area contributed by atoms with Crippen molar-refractivity contribution in [3.8, 4) is 5.75 Å². The molecule has 188 valence electrons. The van der Waals surface area contributed by atoms with Crippen LogP contribution in [0.1, 0.15) is 49.9 Å². The molecule has 0 saturated heterocycles. The second-order valence-electron chi connectivity index (χ2n) is 9.71. The number of nitrogens with zero attached hydrogens (tertiary/aromatic N) is 1. The molecule has 5 rings (SSSR count). The molecule has 0 spiro atoms. The lowest BCUT2D eigenvalue weighted by molar-refractivity contribution is -0.167. The standard InChI is InChI=1S/C28H29ClN2O5/c1-35-24-11-10-17(14-21(24)29)12-13-28(18-6-2-3-7-18)16-23(32)20(27(34)36-28)15-25-30-22-9-5-4-8-19(22)26(33)31-25/h4-5,8-11,14,18,32H,2-3,6-7,12-13,15-16H2,1H3,(H,30,31,33). The second-order valence-corrected chi connectivity index (χ2v) is 10.1. The number of hydrogen-bond donors (Lipinski definition) is 2. The molecule has 36 heavy (non-hydrogen) atoms. The summed E-state index contributed by atoms with van der Waals surface area (Å²) in [5.74, 6) is 0.576. The minimum atomic E-state index is -0.780. The first kappa shape index (κ1) is 24.4. The number of methoxy groups -OCH3 is 1. The Morgan fingerprint density at radius 2 is 1.97 bits per heavy atom. The van der Waals surface area contributed by atoms with Crippen molar-refractivity contribution < 1.29 is 19.4 Å². The lowest BCUT2D eigenvalue weighted by Crippen LogP contribution is -2.46. The number of benzene rings is 2. The smallest absolute Gasteiger partial charge is 0.338 e. The minimum Gasteiger partial charge on any atom is -0.512 e. The van der Waals surface area contributed by atoms with Gasteiger partial charge in [-0.1, -0.05) is 42.6 Å². The highest BCUT2D eigenvalue weighted by molar-refractivity contribution is 6.32. The Hall–Kier alpha value is -3.32. The van der Waals surface area contributed by atoms with Crippen LogP contribution in [0.15, 0.2) is 58.6 Å². The third kappa shape index (κ3) is 4.72. The number of carbonyl (C=O) groups is 1. The summed E-state index contributed by atoms with van der Waals surface area (Å²) in [6.07, 6.45) is 5.55. The number of aromatic nitrogens is 2. The zero-order valence-corrected chi connectivity index (χ0v) is 20.9. The van der Waals surface area contributed by atoms with Gasteiger partial charge in [0, 0.05) is 12.8 Å². The van der Waals surface area contributed by atoms with Gasteiger partial charge in [-0.2, -0.15) is 0 Å². The lowest BCUT2D eigenvalue weighted by Gasteiger charge is -2.42. The molecule has 1 fully saturated rings. The number of ether oxygens (including phenoxy) is 2. The highest BCUT2D eigenvalue weighted by Gasteiger charge is 2.48. The Kier molecular flexibility index (Phi) is 6.75. The molecule has 1 aliphatic carbocycles. The first-order chi connectivity index (χ1) is 17.4. The Morgan fingerprint density at radius 1 is 1.19 bits per heavy atom. The average Bonchev–Trinajstić information content (AvgIpc) is 3.41. The van der Waals surface area contributed by atoms with Gasteiger partial charge in [0.1, 0.15) is 22.9 Å². The van der Waals surface area contributed by atoms with E-state index in [1.807, 2.05) is 18.2 Å². The van der Waals surface area contributed by atoms with E-state index < -0.39 is 11.6 Å². The Labute approximate surface area is 214 Å². The summed E-state index contributed by atoms with van der Waals surface area (Å²) in [7, 11) is 1.58. The van der Waals surface area contributed by atoms with Gasteiger partial charge >= 0.3 is 5.97 Å². The third-order valence-electron chi connectivity index (χ3n) is 7.52. The van der Waals surface area contributed by atoms with Gasteiger partial charge < -0.3 is 19.6 Å². The summed E-state index contributed by atoms with van der Waals surface area (Å²) >= 11 is 6.31. The van der Waals surface area contributed by atoms with Crippen LogP contribution in [0.5, 0.6) is 5.75 Å². The van der Waals surface area contributed by atoms with Gasteiger partial charge in [-0.25, -0.2) is 9.78 Å². The largest absolute Gasteiger partial charge is 0.512 e. The number of cyclic esters (lactones) is 1. The summed E-state index contributed by atoms with van der Waals surface area (Å²) < 4.78 is 11.4. The highest BCUT2D eigenvalue weighted by atomic mass is 35.5. The fraction of sp³-hybridized carbons (Fsp3) is 0.393. The molecule has 1 aliphatic heterocycles. The molecule has 8 heteroatoms. The predicted molar refractivity (Wildman–Crippen MR) is 137 cm³/mol. The van der Waals surface area contributed by atoms with Crippen molar-refractivity contribution in [1.29, 1.82) is 0 Å². The highest BCUT2D eigenvalue weighted by Crippen LogP contribution is 2.46. The molecule has 2 aliphatic rings. The first-order valence-electron chi connectivity index (χ1n) is 12.3. The number of halogens is 1. The number of H-pyrrole nitrogens is 1. The number of aryl methyl sites for hydroxylation is 1. The number of aromatic amines is 1. The van der Waals surface area contributed by atoms with Gasteiger partial charge in [0.05, 0.1) is 28.6 Å². The first-order valence-corrected chi connectivity index (χ1v) is 12.7. The number of aliphatic hydroxyl groups is 1. The van der Waals surface area contributed by atoms with E-state index in [-0.39, 0.29) is 35.7 Å². The number of esters is 1. The molecule has 7 nitrogen and oxygen atoms in total. The van der Waals surface area contributed by atoms with Gasteiger partial charge in [-0.3, -0.25) is 4.79 Å². The van der Waals surface area contributed by atoms with Crippen molar-refractivity contribution in [3.63, 3.8) is 0 Å². The van der Waals surface area contributed by atoms with Crippen LogP contribution in [0.4, 0.5) is 0 Å². The number of aliphatic hydroxyl groups excluding tert-OH is 1. The minimum absolute atomic E-state index is 0.000421. The van der Waals surface area contributed by atoms with Crippen molar-refractivity contribution in [2.75, 3.05) is 7.11 Å². The Balaban J connectivity index is 1.41. The van der Waals surface area contributed by atoms with Crippen LogP contribution in [0, 0.1) is 5.92 Å². The van der Waals surface area contributed by atoms with E-state index in [0.717, 1.165) is 31.2 Å². The normalized spacial score (nSPS) is 20.7. The van der Waals surface area contributed by atoms with Gasteiger partial charge in [0.15, 0.2) is 0 Å². The maximum absolute atomic E-state index is 13.3. The number of nitrogens with one attached hydrogen (secondary N) is 1. The molecule has 2 heterocycles. The summed E-state index contributed by atoms with van der Waals surface area (Å²) in [4.78, 5) is 33.0. The summed E-state index contributed by atoms with van der Waals surface area (Å²) in [5.41, 5.74) is 0.644. The van der Waals surface area contributed by atoms with Crippen LogP contribution in [-0.2, 0) is 22.4 Å². The van der Waals surface area contributed by atoms with Crippen molar-refractivity contribution in [1.82, 2.24) is 9.97 Å². The number of hydrogen-bond acceptors (Lipinski definition) is 6. The van der Waals surface area contributed by atoms with Gasteiger partial charge in [0.25, 0.3) is 5.56 Å². The molecule has 2 N–H and O–H groups in total. The second kappa shape index (κ2) is 9.97. The Morgan fingerprint density at radius 3 is 2.69 bits per heavy atom. The van der Waals surface area contributed by atoms with Crippen LogP contribution in [-0.4, -0.2) is 33.8 Å². The van der Waals surface area contributed by atoms with Crippen LogP contribution in [0.25, 0.3) is 10.9 Å². The molecule has 1 unspecified atom stereocenters. The third-order valence-corrected chi connectivity index (χ3v) is 7.81. The van der Waals surface area contributed by atoms with Gasteiger partial charge in [-0.05, 0) is 61.4 Å². The maximum Gasteiger partial charge on any atom is 0.338 e. The van der Waals surface area contributed by atoms with Crippen molar-refractivity contribution in [3.05, 3.63) is 80.6 Å². The van der Waals surface area contributed by atoms with E-state index in [4.69, 9.17) is 21.1 Å². The molecular formula is C28H29ClN2O5. The van der Waals surface area contributed by atoms with E-state index in [2.05, 4.69) is 9.97 Å². The molecule has 0 amide bonds. The molecule has 0 radical (unpaired) electrons. The maximum atomic E-state index is 13.3. The van der Waals surface area contributed by atoms with E-state index in [9.17, 15) is 14.7 Å². The number of para-hydroxylation sites is 1. The number of carbonyl (C=O) groups excluding carboxylic acids is 1. The van der Waals surface area contributed by atoms with Crippen molar-refractivity contribution in [2.24, 2.45) is 5.92 Å². The lowest BCUT2D eigenvalue weighted by atomic mass is 9.76. The fourth-order valence-corrected chi connectivity index (χ4v) is 5.88. The molecule has 1 atom stereocenters. The molecule has 1 aromatic heterocycles. The summed E-state index contributed by atoms with van der Waals surface area (Å²) in [6.45, 7) is 0. The van der Waals surface area contributed by atoms with Gasteiger partial charge in [0.2, 0.25) is 0 Å².